The minimum atomic E-state index is -0.319. The monoisotopic (exact) mass is 377 g/mol. The molecule has 1 unspecified atom stereocenters. The molecule has 5 rings (SSSR count). The van der Waals surface area contributed by atoms with E-state index in [0.717, 1.165) is 0 Å². The number of carbonyl (C=O) groups is 1. The molecule has 8 nitrogen and oxygen atoms in total. The van der Waals surface area contributed by atoms with Crippen molar-refractivity contribution >= 4 is 16.9 Å². The molecule has 4 aromatic rings. The predicted octanol–water partition coefficient (Wildman–Crippen LogP) is 3.07. The molecule has 140 valence electrons. The summed E-state index contributed by atoms with van der Waals surface area (Å²) in [7, 11) is 0. The highest BCUT2D eigenvalue weighted by Gasteiger charge is 2.32. The lowest BCUT2D eigenvalue weighted by molar-refractivity contribution is 0.0759. The molecular weight excluding hydrogens is 362 g/mol. The fourth-order valence-electron chi connectivity index (χ4n) is 3.42. The number of amides is 1. The van der Waals surface area contributed by atoms with E-state index < -0.39 is 0 Å². The van der Waals surface area contributed by atoms with Gasteiger partial charge < -0.3 is 18.3 Å². The number of fused-ring (bicyclic) bond motifs is 1. The Kier molecular flexibility index (Phi) is 3.82. The first-order valence-corrected chi connectivity index (χ1v) is 8.89. The van der Waals surface area contributed by atoms with E-state index in [-0.39, 0.29) is 23.0 Å². The van der Waals surface area contributed by atoms with Gasteiger partial charge >= 0.3 is 0 Å². The number of benzene rings is 1. The number of hydrogen-bond donors (Lipinski definition) is 0. The second kappa shape index (κ2) is 6.49. The van der Waals surface area contributed by atoms with Crippen LogP contribution < -0.4 is 5.43 Å². The number of aromatic nitrogens is 2. The van der Waals surface area contributed by atoms with Gasteiger partial charge in [0.1, 0.15) is 5.58 Å². The topological polar surface area (TPSA) is 103 Å². The molecule has 1 atom stereocenters. The molecule has 1 amide bonds. The number of hydrogen-bond acceptors (Lipinski definition) is 7. The number of para-hydroxylation sites is 1. The molecule has 0 radical (unpaired) electrons. The minimum absolute atomic E-state index is 0.0359. The van der Waals surface area contributed by atoms with Crippen LogP contribution in [0.25, 0.3) is 22.6 Å². The number of carbonyl (C=O) groups excluding carboxylic acids is 1. The first kappa shape index (κ1) is 16.5. The van der Waals surface area contributed by atoms with Crippen molar-refractivity contribution in [3.8, 4) is 11.7 Å². The van der Waals surface area contributed by atoms with Crippen LogP contribution in [0.15, 0.2) is 66.9 Å². The van der Waals surface area contributed by atoms with Crippen LogP contribution in [0.2, 0.25) is 0 Å². The van der Waals surface area contributed by atoms with Crippen LogP contribution in [0.4, 0.5) is 0 Å². The summed E-state index contributed by atoms with van der Waals surface area (Å²) >= 11 is 0. The molecule has 1 aliphatic rings. The second-order valence-electron chi connectivity index (χ2n) is 6.64. The van der Waals surface area contributed by atoms with Crippen molar-refractivity contribution in [3.05, 3.63) is 70.5 Å². The van der Waals surface area contributed by atoms with E-state index in [1.54, 1.807) is 41.3 Å². The Balaban J connectivity index is 1.36. The van der Waals surface area contributed by atoms with Crippen molar-refractivity contribution in [1.82, 2.24) is 15.0 Å². The SMILES string of the molecule is O=C(c1cc(=O)c2ccccc2o1)N1CCC(c2noc(-c3ccco3)n2)C1. The lowest BCUT2D eigenvalue weighted by atomic mass is 10.1. The Bertz CT molecular complexity index is 1210. The normalized spacial score (nSPS) is 16.7. The van der Waals surface area contributed by atoms with Gasteiger partial charge in [0, 0.05) is 25.1 Å². The number of rotatable bonds is 3. The lowest BCUT2D eigenvalue weighted by Gasteiger charge is -2.15. The summed E-state index contributed by atoms with van der Waals surface area (Å²) < 4.78 is 16.2. The molecule has 28 heavy (non-hydrogen) atoms. The molecule has 0 aliphatic carbocycles. The van der Waals surface area contributed by atoms with Crippen molar-refractivity contribution < 1.29 is 18.2 Å². The van der Waals surface area contributed by atoms with Crippen LogP contribution in [0, 0.1) is 0 Å². The lowest BCUT2D eigenvalue weighted by Crippen LogP contribution is -2.29. The minimum Gasteiger partial charge on any atom is -0.459 e. The fraction of sp³-hybridized carbons (Fsp3) is 0.200. The van der Waals surface area contributed by atoms with Crippen LogP contribution in [0.1, 0.15) is 28.7 Å². The summed E-state index contributed by atoms with van der Waals surface area (Å²) in [5.41, 5.74) is 0.164. The zero-order valence-electron chi connectivity index (χ0n) is 14.7. The molecule has 8 heteroatoms. The number of likely N-dealkylation sites (tertiary alicyclic amines) is 1. The van der Waals surface area contributed by atoms with Gasteiger partial charge in [-0.15, -0.1) is 0 Å². The van der Waals surface area contributed by atoms with E-state index in [0.29, 0.717) is 48.0 Å². The zero-order chi connectivity index (χ0) is 19.1. The molecular formula is C20H15N3O5. The Hall–Kier alpha value is -3.68. The zero-order valence-corrected chi connectivity index (χ0v) is 14.7. The standard InChI is InChI=1S/C20H15N3O5/c24-14-10-17(27-15-5-2-1-4-13(14)15)20(25)23-8-7-12(11-23)18-21-19(28-22-18)16-6-3-9-26-16/h1-6,9-10,12H,7-8,11H2. The van der Waals surface area contributed by atoms with Crippen molar-refractivity contribution in [2.24, 2.45) is 0 Å². The van der Waals surface area contributed by atoms with Crippen molar-refractivity contribution in [1.29, 1.82) is 0 Å². The van der Waals surface area contributed by atoms with Gasteiger partial charge in [-0.1, -0.05) is 17.3 Å². The number of nitrogens with zero attached hydrogens (tertiary/aromatic N) is 3. The molecule has 0 spiro atoms. The van der Waals surface area contributed by atoms with Crippen molar-refractivity contribution in [2.75, 3.05) is 13.1 Å². The van der Waals surface area contributed by atoms with E-state index in [9.17, 15) is 9.59 Å². The van der Waals surface area contributed by atoms with Crippen LogP contribution in [-0.4, -0.2) is 34.0 Å². The van der Waals surface area contributed by atoms with Crippen molar-refractivity contribution in [2.45, 2.75) is 12.3 Å². The van der Waals surface area contributed by atoms with Gasteiger partial charge in [-0.25, -0.2) is 0 Å². The first-order valence-electron chi connectivity index (χ1n) is 8.89. The molecule has 0 N–H and O–H groups in total. The molecule has 1 aromatic carbocycles. The van der Waals surface area contributed by atoms with E-state index in [2.05, 4.69) is 10.1 Å². The summed E-state index contributed by atoms with van der Waals surface area (Å²) in [6, 6.07) is 11.6. The Morgan fingerprint density at radius 1 is 1.18 bits per heavy atom. The maximum Gasteiger partial charge on any atom is 0.293 e. The smallest absolute Gasteiger partial charge is 0.293 e. The maximum atomic E-state index is 12.8. The third-order valence-electron chi connectivity index (χ3n) is 4.86. The fourth-order valence-corrected chi connectivity index (χ4v) is 3.42. The quantitative estimate of drug-likeness (QED) is 0.540. The highest BCUT2D eigenvalue weighted by atomic mass is 16.5. The Morgan fingerprint density at radius 2 is 2.07 bits per heavy atom. The van der Waals surface area contributed by atoms with Crippen LogP contribution in [0.5, 0.6) is 0 Å². The third kappa shape index (κ3) is 2.79. The molecule has 3 aromatic heterocycles. The summed E-state index contributed by atoms with van der Waals surface area (Å²) in [5.74, 6) is 1.01. The number of furan rings is 1. The summed E-state index contributed by atoms with van der Waals surface area (Å²) in [5, 5.41) is 4.47. The first-order chi connectivity index (χ1) is 13.7. The predicted molar refractivity (Wildman–Crippen MR) is 97.7 cm³/mol. The molecule has 0 bridgehead atoms. The van der Waals surface area contributed by atoms with Crippen LogP contribution >= 0.6 is 0 Å². The van der Waals surface area contributed by atoms with Gasteiger partial charge in [-0.2, -0.15) is 4.98 Å². The van der Waals surface area contributed by atoms with Gasteiger partial charge in [0.15, 0.2) is 22.8 Å². The molecule has 1 saturated heterocycles. The molecule has 1 aliphatic heterocycles. The summed E-state index contributed by atoms with van der Waals surface area (Å²) in [6.07, 6.45) is 2.23. The van der Waals surface area contributed by atoms with E-state index in [4.69, 9.17) is 13.4 Å². The molecule has 1 fully saturated rings. The average molecular weight is 377 g/mol. The Labute approximate surface area is 158 Å². The van der Waals surface area contributed by atoms with Gasteiger partial charge in [-0.3, -0.25) is 9.59 Å². The van der Waals surface area contributed by atoms with E-state index in [1.165, 1.54) is 12.3 Å². The van der Waals surface area contributed by atoms with Gasteiger partial charge in [0.05, 0.1) is 11.6 Å². The highest BCUT2D eigenvalue weighted by molar-refractivity contribution is 5.93. The van der Waals surface area contributed by atoms with E-state index >= 15 is 0 Å². The molecule has 4 heterocycles. The van der Waals surface area contributed by atoms with Gasteiger partial charge in [-0.05, 0) is 30.7 Å². The largest absolute Gasteiger partial charge is 0.459 e. The van der Waals surface area contributed by atoms with Crippen molar-refractivity contribution in [3.63, 3.8) is 0 Å². The average Bonchev–Trinajstić information content (AvgIpc) is 3.48. The highest BCUT2D eigenvalue weighted by Crippen LogP contribution is 2.28. The third-order valence-corrected chi connectivity index (χ3v) is 4.86. The summed E-state index contributed by atoms with van der Waals surface area (Å²) in [4.78, 5) is 31.1. The molecule has 0 saturated carbocycles. The second-order valence-corrected chi connectivity index (χ2v) is 6.64. The maximum absolute atomic E-state index is 12.8. The van der Waals surface area contributed by atoms with Gasteiger partial charge in [0.25, 0.3) is 11.8 Å². The van der Waals surface area contributed by atoms with E-state index in [1.807, 2.05) is 0 Å². The Morgan fingerprint density at radius 3 is 2.93 bits per heavy atom. The van der Waals surface area contributed by atoms with Gasteiger partial charge in [0.2, 0.25) is 0 Å². The van der Waals surface area contributed by atoms with Crippen LogP contribution in [-0.2, 0) is 0 Å². The van der Waals surface area contributed by atoms with Crippen LogP contribution in [0.3, 0.4) is 0 Å². The summed E-state index contributed by atoms with van der Waals surface area (Å²) in [6.45, 7) is 0.942.